The summed E-state index contributed by atoms with van der Waals surface area (Å²) in [4.78, 5) is 22.4. The van der Waals surface area contributed by atoms with Crippen LogP contribution < -0.4 is 0 Å². The summed E-state index contributed by atoms with van der Waals surface area (Å²) in [6, 6.07) is 0. The summed E-state index contributed by atoms with van der Waals surface area (Å²) in [5.41, 5.74) is 0. The zero-order valence-electron chi connectivity index (χ0n) is 18.4. The molecule has 0 aliphatic rings. The Morgan fingerprint density at radius 1 is 0.862 bits per heavy atom. The predicted octanol–water partition coefficient (Wildman–Crippen LogP) is 5.73. The van der Waals surface area contributed by atoms with E-state index in [9.17, 15) is 9.59 Å². The van der Waals surface area contributed by atoms with Crippen molar-refractivity contribution in [2.75, 3.05) is 26.4 Å². The van der Waals surface area contributed by atoms with Gasteiger partial charge in [-0.1, -0.05) is 77.2 Å². The SMILES string of the molecule is C=CCOCC(COCCCCCCCCCCCCC)CC(=O)/C=C/C(=O)O. The van der Waals surface area contributed by atoms with E-state index in [2.05, 4.69) is 13.5 Å². The molecule has 0 aliphatic heterocycles. The molecule has 0 aromatic heterocycles. The van der Waals surface area contributed by atoms with Crippen LogP contribution in [-0.2, 0) is 19.1 Å². The van der Waals surface area contributed by atoms with Crippen molar-refractivity contribution in [2.24, 2.45) is 5.92 Å². The topological polar surface area (TPSA) is 72.8 Å². The van der Waals surface area contributed by atoms with Gasteiger partial charge in [-0.2, -0.15) is 0 Å². The highest BCUT2D eigenvalue weighted by atomic mass is 16.5. The Morgan fingerprint density at radius 2 is 1.41 bits per heavy atom. The van der Waals surface area contributed by atoms with Crippen LogP contribution in [0.3, 0.4) is 0 Å². The number of ether oxygens (including phenoxy) is 2. The Kier molecular flexibility index (Phi) is 20.2. The van der Waals surface area contributed by atoms with Crippen LogP contribution in [0.2, 0.25) is 0 Å². The van der Waals surface area contributed by atoms with E-state index in [1.165, 1.54) is 64.2 Å². The highest BCUT2D eigenvalue weighted by Gasteiger charge is 2.13. The van der Waals surface area contributed by atoms with Crippen molar-refractivity contribution in [3.63, 3.8) is 0 Å². The van der Waals surface area contributed by atoms with Crippen molar-refractivity contribution in [1.29, 1.82) is 0 Å². The average molecular weight is 411 g/mol. The minimum atomic E-state index is -1.12. The van der Waals surface area contributed by atoms with Gasteiger partial charge in [0.15, 0.2) is 5.78 Å². The first-order valence-corrected chi connectivity index (χ1v) is 11.3. The zero-order chi connectivity index (χ0) is 21.6. The van der Waals surface area contributed by atoms with Crippen molar-refractivity contribution in [1.82, 2.24) is 0 Å². The van der Waals surface area contributed by atoms with Gasteiger partial charge in [0.25, 0.3) is 0 Å². The molecule has 1 N–H and O–H groups in total. The minimum Gasteiger partial charge on any atom is -0.478 e. The summed E-state index contributed by atoms with van der Waals surface area (Å²) >= 11 is 0. The van der Waals surface area contributed by atoms with Crippen molar-refractivity contribution in [2.45, 2.75) is 84.0 Å². The van der Waals surface area contributed by atoms with Gasteiger partial charge in [-0.25, -0.2) is 4.79 Å². The molecule has 168 valence electrons. The lowest BCUT2D eigenvalue weighted by Crippen LogP contribution is -2.20. The van der Waals surface area contributed by atoms with E-state index < -0.39 is 5.97 Å². The molecule has 5 nitrogen and oxygen atoms in total. The fourth-order valence-electron chi connectivity index (χ4n) is 3.12. The van der Waals surface area contributed by atoms with Crippen LogP contribution in [0.1, 0.15) is 84.0 Å². The second-order valence-electron chi connectivity index (χ2n) is 7.64. The summed E-state index contributed by atoms with van der Waals surface area (Å²) in [5, 5.41) is 8.61. The number of allylic oxidation sites excluding steroid dienone is 1. The van der Waals surface area contributed by atoms with Crippen LogP contribution in [0, 0.1) is 5.92 Å². The molecule has 0 saturated carbocycles. The van der Waals surface area contributed by atoms with E-state index in [-0.39, 0.29) is 18.1 Å². The minimum absolute atomic E-state index is 0.0754. The molecule has 5 heteroatoms. The van der Waals surface area contributed by atoms with Crippen LogP contribution in [-0.4, -0.2) is 43.3 Å². The van der Waals surface area contributed by atoms with E-state index in [1.807, 2.05) is 0 Å². The first-order valence-electron chi connectivity index (χ1n) is 11.3. The first kappa shape index (κ1) is 27.5. The summed E-state index contributed by atoms with van der Waals surface area (Å²) in [6.07, 6.45) is 18.1. The average Bonchev–Trinajstić information content (AvgIpc) is 2.69. The third-order valence-electron chi connectivity index (χ3n) is 4.74. The molecule has 0 rings (SSSR count). The monoisotopic (exact) mass is 410 g/mol. The normalized spacial score (nSPS) is 12.3. The molecule has 29 heavy (non-hydrogen) atoms. The number of carboxylic acid groups (broad SMARTS) is 1. The third-order valence-corrected chi connectivity index (χ3v) is 4.74. The molecule has 0 aliphatic carbocycles. The number of carboxylic acids is 1. The summed E-state index contributed by atoms with van der Waals surface area (Å²) < 4.78 is 11.2. The summed E-state index contributed by atoms with van der Waals surface area (Å²) in [6.45, 7) is 7.82. The maximum atomic E-state index is 11.8. The van der Waals surface area contributed by atoms with Crippen molar-refractivity contribution in [3.8, 4) is 0 Å². The van der Waals surface area contributed by atoms with Gasteiger partial charge in [0.05, 0.1) is 19.8 Å². The smallest absolute Gasteiger partial charge is 0.328 e. The Morgan fingerprint density at radius 3 is 1.97 bits per heavy atom. The van der Waals surface area contributed by atoms with Gasteiger partial charge < -0.3 is 14.6 Å². The van der Waals surface area contributed by atoms with Gasteiger partial charge in [-0.05, 0) is 12.5 Å². The maximum Gasteiger partial charge on any atom is 0.328 e. The van der Waals surface area contributed by atoms with Crippen molar-refractivity contribution in [3.05, 3.63) is 24.8 Å². The Hall–Kier alpha value is -1.46. The third kappa shape index (κ3) is 21.1. The standard InChI is InChI=1S/C24H42O5/c1-3-5-6-7-8-9-10-11-12-13-14-18-29-21-22(20-28-17-4-2)19-23(25)15-16-24(26)27/h4,15-16,22H,2-3,5-14,17-21H2,1H3,(H,26,27)/b16-15+. The zero-order valence-corrected chi connectivity index (χ0v) is 18.4. The van der Waals surface area contributed by atoms with Gasteiger partial charge in [0.1, 0.15) is 0 Å². The quantitative estimate of drug-likeness (QED) is 0.140. The van der Waals surface area contributed by atoms with Crippen LogP contribution >= 0.6 is 0 Å². The maximum absolute atomic E-state index is 11.8. The van der Waals surface area contributed by atoms with Gasteiger partial charge in [-0.3, -0.25) is 4.79 Å². The van der Waals surface area contributed by atoms with E-state index in [4.69, 9.17) is 14.6 Å². The molecular formula is C24H42O5. The van der Waals surface area contributed by atoms with Crippen LogP contribution in [0.25, 0.3) is 0 Å². The Balaban J connectivity index is 3.77. The van der Waals surface area contributed by atoms with Gasteiger partial charge >= 0.3 is 5.97 Å². The van der Waals surface area contributed by atoms with E-state index >= 15 is 0 Å². The van der Waals surface area contributed by atoms with Crippen LogP contribution in [0.15, 0.2) is 24.8 Å². The lowest BCUT2D eigenvalue weighted by atomic mass is 10.0. The number of ketones is 1. The molecule has 0 radical (unpaired) electrons. The Labute approximate surface area is 177 Å². The molecule has 0 aromatic rings. The predicted molar refractivity (Wildman–Crippen MR) is 118 cm³/mol. The van der Waals surface area contributed by atoms with Gasteiger partial charge in [0.2, 0.25) is 0 Å². The van der Waals surface area contributed by atoms with Crippen LogP contribution in [0.4, 0.5) is 0 Å². The molecule has 0 fully saturated rings. The number of carbonyl (C=O) groups is 2. The fourth-order valence-corrected chi connectivity index (χ4v) is 3.12. The number of rotatable bonds is 22. The van der Waals surface area contributed by atoms with E-state index in [0.29, 0.717) is 26.4 Å². The molecule has 0 saturated heterocycles. The summed E-state index contributed by atoms with van der Waals surface area (Å²) in [7, 11) is 0. The second kappa shape index (κ2) is 21.3. The summed E-state index contributed by atoms with van der Waals surface area (Å²) in [5.74, 6) is -1.42. The number of hydrogen-bond acceptors (Lipinski definition) is 4. The molecule has 0 spiro atoms. The van der Waals surface area contributed by atoms with Crippen molar-refractivity contribution >= 4 is 11.8 Å². The number of hydrogen-bond donors (Lipinski definition) is 1. The molecular weight excluding hydrogens is 368 g/mol. The van der Waals surface area contributed by atoms with Gasteiger partial charge in [0, 0.05) is 25.0 Å². The largest absolute Gasteiger partial charge is 0.478 e. The van der Waals surface area contributed by atoms with Crippen molar-refractivity contribution < 1.29 is 24.2 Å². The fraction of sp³-hybridized carbons (Fsp3) is 0.750. The molecule has 1 unspecified atom stereocenters. The number of unbranched alkanes of at least 4 members (excludes halogenated alkanes) is 10. The highest BCUT2D eigenvalue weighted by molar-refractivity contribution is 5.95. The van der Waals surface area contributed by atoms with Gasteiger partial charge in [-0.15, -0.1) is 6.58 Å². The lowest BCUT2D eigenvalue weighted by molar-refractivity contribution is -0.131. The van der Waals surface area contributed by atoms with E-state index in [0.717, 1.165) is 18.6 Å². The molecule has 0 bridgehead atoms. The first-order chi connectivity index (χ1) is 14.1. The molecule has 0 heterocycles. The highest BCUT2D eigenvalue weighted by Crippen LogP contribution is 2.12. The molecule has 0 aromatic carbocycles. The second-order valence-corrected chi connectivity index (χ2v) is 7.64. The molecule has 0 amide bonds. The van der Waals surface area contributed by atoms with Crippen LogP contribution in [0.5, 0.6) is 0 Å². The Bertz CT molecular complexity index is 445. The lowest BCUT2D eigenvalue weighted by Gasteiger charge is -2.15. The number of aliphatic carboxylic acids is 1. The van der Waals surface area contributed by atoms with E-state index in [1.54, 1.807) is 6.08 Å². The number of carbonyl (C=O) groups excluding carboxylic acids is 1. The molecule has 1 atom stereocenters.